The van der Waals surface area contributed by atoms with Gasteiger partial charge < -0.3 is 19.8 Å². The second-order valence-electron chi connectivity index (χ2n) is 5.94. The SMILES string of the molecule is COc1ccc(OC)c(CCNC(=O)c2ccc3[nH]c(C)cc3c2)c1. The largest absolute Gasteiger partial charge is 0.497 e. The number of aryl methyl sites for hydroxylation is 1. The lowest BCUT2D eigenvalue weighted by Gasteiger charge is -2.11. The number of hydrogen-bond donors (Lipinski definition) is 2. The molecule has 0 bridgehead atoms. The molecule has 0 saturated heterocycles. The van der Waals surface area contributed by atoms with Crippen LogP contribution in [0.1, 0.15) is 21.6 Å². The van der Waals surface area contributed by atoms with E-state index in [4.69, 9.17) is 9.47 Å². The van der Waals surface area contributed by atoms with Crippen molar-refractivity contribution in [2.45, 2.75) is 13.3 Å². The highest BCUT2D eigenvalue weighted by Gasteiger charge is 2.09. The van der Waals surface area contributed by atoms with E-state index in [1.807, 2.05) is 49.4 Å². The molecule has 1 aromatic heterocycles. The zero-order chi connectivity index (χ0) is 17.8. The summed E-state index contributed by atoms with van der Waals surface area (Å²) in [5.74, 6) is 1.48. The van der Waals surface area contributed by atoms with Crippen LogP contribution in [0, 0.1) is 6.92 Å². The molecule has 0 radical (unpaired) electrons. The number of aromatic amines is 1. The van der Waals surface area contributed by atoms with Gasteiger partial charge in [-0.05, 0) is 61.4 Å². The van der Waals surface area contributed by atoms with Crippen LogP contribution in [-0.4, -0.2) is 31.7 Å². The van der Waals surface area contributed by atoms with E-state index in [0.29, 0.717) is 18.5 Å². The summed E-state index contributed by atoms with van der Waals surface area (Å²) in [6.45, 7) is 2.52. The number of amides is 1. The van der Waals surface area contributed by atoms with Crippen molar-refractivity contribution in [1.29, 1.82) is 0 Å². The summed E-state index contributed by atoms with van der Waals surface area (Å²) in [6, 6.07) is 13.4. The first-order valence-corrected chi connectivity index (χ1v) is 8.19. The van der Waals surface area contributed by atoms with E-state index in [0.717, 1.165) is 33.7 Å². The molecular weight excluding hydrogens is 316 g/mol. The van der Waals surface area contributed by atoms with Crippen molar-refractivity contribution >= 4 is 16.8 Å². The predicted molar refractivity (Wildman–Crippen MR) is 98.6 cm³/mol. The molecule has 25 heavy (non-hydrogen) atoms. The summed E-state index contributed by atoms with van der Waals surface area (Å²) < 4.78 is 10.6. The Bertz CT molecular complexity index is 899. The van der Waals surface area contributed by atoms with E-state index in [1.54, 1.807) is 14.2 Å². The van der Waals surface area contributed by atoms with Crippen LogP contribution >= 0.6 is 0 Å². The predicted octanol–water partition coefficient (Wildman–Crippen LogP) is 3.47. The third-order valence-corrected chi connectivity index (χ3v) is 4.19. The quantitative estimate of drug-likeness (QED) is 0.723. The highest BCUT2D eigenvalue weighted by molar-refractivity contribution is 5.98. The van der Waals surface area contributed by atoms with E-state index < -0.39 is 0 Å². The molecule has 1 amide bonds. The maximum absolute atomic E-state index is 12.4. The molecule has 130 valence electrons. The van der Waals surface area contributed by atoms with Gasteiger partial charge in [0, 0.05) is 28.7 Å². The first-order valence-electron chi connectivity index (χ1n) is 8.19. The van der Waals surface area contributed by atoms with Crippen LogP contribution in [0.2, 0.25) is 0 Å². The minimum atomic E-state index is -0.0809. The first kappa shape index (κ1) is 16.9. The van der Waals surface area contributed by atoms with Gasteiger partial charge >= 0.3 is 0 Å². The number of nitrogens with one attached hydrogen (secondary N) is 2. The molecule has 0 fully saturated rings. The number of methoxy groups -OCH3 is 2. The van der Waals surface area contributed by atoms with Crippen LogP contribution in [-0.2, 0) is 6.42 Å². The number of H-pyrrole nitrogens is 1. The Morgan fingerprint density at radius 1 is 1.08 bits per heavy atom. The van der Waals surface area contributed by atoms with Crippen molar-refractivity contribution in [3.05, 3.63) is 59.3 Å². The number of aromatic nitrogens is 1. The van der Waals surface area contributed by atoms with Crippen molar-refractivity contribution in [3.8, 4) is 11.5 Å². The molecule has 0 atom stereocenters. The fraction of sp³-hybridized carbons (Fsp3) is 0.250. The van der Waals surface area contributed by atoms with Crippen molar-refractivity contribution in [3.63, 3.8) is 0 Å². The van der Waals surface area contributed by atoms with Gasteiger partial charge in [-0.3, -0.25) is 4.79 Å². The highest BCUT2D eigenvalue weighted by atomic mass is 16.5. The molecule has 5 heteroatoms. The van der Waals surface area contributed by atoms with Crippen molar-refractivity contribution in [2.24, 2.45) is 0 Å². The minimum absolute atomic E-state index is 0.0809. The fourth-order valence-corrected chi connectivity index (χ4v) is 2.91. The summed E-state index contributed by atoms with van der Waals surface area (Å²) in [4.78, 5) is 15.6. The first-order chi connectivity index (χ1) is 12.1. The summed E-state index contributed by atoms with van der Waals surface area (Å²) in [5, 5.41) is 4.00. The Hall–Kier alpha value is -2.95. The molecule has 0 aliphatic carbocycles. The highest BCUT2D eigenvalue weighted by Crippen LogP contribution is 2.24. The summed E-state index contributed by atoms with van der Waals surface area (Å²) in [7, 11) is 3.27. The van der Waals surface area contributed by atoms with Crippen LogP contribution in [0.25, 0.3) is 10.9 Å². The number of ether oxygens (including phenoxy) is 2. The molecule has 0 aliphatic rings. The lowest BCUT2D eigenvalue weighted by atomic mass is 10.1. The normalized spacial score (nSPS) is 10.7. The van der Waals surface area contributed by atoms with Gasteiger partial charge in [0.15, 0.2) is 0 Å². The molecule has 0 unspecified atom stereocenters. The summed E-state index contributed by atoms with van der Waals surface area (Å²) in [5.41, 5.74) is 3.77. The van der Waals surface area contributed by atoms with Gasteiger partial charge in [0.05, 0.1) is 14.2 Å². The molecule has 0 saturated carbocycles. The van der Waals surface area contributed by atoms with Crippen LogP contribution in [0.15, 0.2) is 42.5 Å². The second-order valence-corrected chi connectivity index (χ2v) is 5.94. The third-order valence-electron chi connectivity index (χ3n) is 4.19. The zero-order valence-electron chi connectivity index (χ0n) is 14.7. The average molecular weight is 338 g/mol. The van der Waals surface area contributed by atoms with Gasteiger partial charge in [0.25, 0.3) is 5.91 Å². The van der Waals surface area contributed by atoms with E-state index in [1.165, 1.54) is 0 Å². The Balaban J connectivity index is 1.65. The standard InChI is InChI=1S/C20H22N2O3/c1-13-10-16-11-15(4-6-18(16)22-13)20(23)21-9-8-14-12-17(24-2)5-7-19(14)25-3/h4-7,10-12,22H,8-9H2,1-3H3,(H,21,23). The van der Waals surface area contributed by atoms with E-state index in [-0.39, 0.29) is 5.91 Å². The van der Waals surface area contributed by atoms with E-state index in [2.05, 4.69) is 10.3 Å². The van der Waals surface area contributed by atoms with Crippen LogP contribution in [0.5, 0.6) is 11.5 Å². The van der Waals surface area contributed by atoms with Crippen molar-refractivity contribution in [2.75, 3.05) is 20.8 Å². The Kier molecular flexibility index (Phi) is 4.93. The molecule has 3 aromatic rings. The van der Waals surface area contributed by atoms with Gasteiger partial charge in [-0.2, -0.15) is 0 Å². The summed E-state index contributed by atoms with van der Waals surface area (Å²) in [6.07, 6.45) is 0.664. The number of fused-ring (bicyclic) bond motifs is 1. The number of carbonyl (C=O) groups is 1. The maximum Gasteiger partial charge on any atom is 0.251 e. The van der Waals surface area contributed by atoms with Crippen LogP contribution in [0.4, 0.5) is 0 Å². The third kappa shape index (κ3) is 3.76. The Labute approximate surface area is 147 Å². The number of carbonyl (C=O) groups excluding carboxylic acids is 1. The van der Waals surface area contributed by atoms with Crippen LogP contribution in [0.3, 0.4) is 0 Å². The smallest absolute Gasteiger partial charge is 0.251 e. The lowest BCUT2D eigenvalue weighted by molar-refractivity contribution is 0.0954. The van der Waals surface area contributed by atoms with Gasteiger partial charge in [-0.25, -0.2) is 0 Å². The van der Waals surface area contributed by atoms with Crippen molar-refractivity contribution < 1.29 is 14.3 Å². The average Bonchev–Trinajstić information content (AvgIpc) is 3.00. The second kappa shape index (κ2) is 7.30. The number of rotatable bonds is 6. The minimum Gasteiger partial charge on any atom is -0.497 e. The van der Waals surface area contributed by atoms with Gasteiger partial charge in [0.2, 0.25) is 0 Å². The lowest BCUT2D eigenvalue weighted by Crippen LogP contribution is -2.25. The molecular formula is C20H22N2O3. The fourth-order valence-electron chi connectivity index (χ4n) is 2.91. The number of benzene rings is 2. The van der Waals surface area contributed by atoms with E-state index in [9.17, 15) is 4.79 Å². The monoisotopic (exact) mass is 338 g/mol. The van der Waals surface area contributed by atoms with Gasteiger partial charge in [-0.1, -0.05) is 0 Å². The van der Waals surface area contributed by atoms with E-state index >= 15 is 0 Å². The molecule has 5 nitrogen and oxygen atoms in total. The Morgan fingerprint density at radius 2 is 1.92 bits per heavy atom. The molecule has 0 aliphatic heterocycles. The van der Waals surface area contributed by atoms with Gasteiger partial charge in [-0.15, -0.1) is 0 Å². The Morgan fingerprint density at radius 3 is 2.68 bits per heavy atom. The molecule has 3 rings (SSSR count). The molecule has 0 spiro atoms. The topological polar surface area (TPSA) is 63.4 Å². The summed E-state index contributed by atoms with van der Waals surface area (Å²) >= 11 is 0. The molecule has 2 N–H and O–H groups in total. The number of hydrogen-bond acceptors (Lipinski definition) is 3. The molecule has 2 aromatic carbocycles. The zero-order valence-corrected chi connectivity index (χ0v) is 14.7. The van der Waals surface area contributed by atoms with Crippen LogP contribution < -0.4 is 14.8 Å². The van der Waals surface area contributed by atoms with Crippen molar-refractivity contribution in [1.82, 2.24) is 10.3 Å². The maximum atomic E-state index is 12.4. The van der Waals surface area contributed by atoms with Gasteiger partial charge in [0.1, 0.15) is 11.5 Å². The molecule has 1 heterocycles.